The average molecular weight is 195 g/mol. The van der Waals surface area contributed by atoms with Gasteiger partial charge in [0.1, 0.15) is 5.78 Å². The van der Waals surface area contributed by atoms with Crippen LogP contribution >= 0.6 is 0 Å². The van der Waals surface area contributed by atoms with Crippen molar-refractivity contribution in [1.82, 2.24) is 4.90 Å². The molecule has 0 aromatic rings. The largest absolute Gasteiger partial charge is 0.298 e. The maximum atomic E-state index is 11.9. The number of Topliss-reactive ketones (excluding diaryl/α,β-unsaturated/α-hetero) is 1. The second-order valence-electron chi connectivity index (χ2n) is 5.92. The van der Waals surface area contributed by atoms with Crippen molar-refractivity contribution in [2.75, 3.05) is 13.1 Å². The summed E-state index contributed by atoms with van der Waals surface area (Å²) in [4.78, 5) is 14.5. The third-order valence-corrected chi connectivity index (χ3v) is 4.04. The lowest BCUT2D eigenvalue weighted by molar-refractivity contribution is -0.169. The Bertz CT molecular complexity index is 243. The van der Waals surface area contributed by atoms with E-state index in [2.05, 4.69) is 32.6 Å². The molecular formula is C12H21NO. The first-order valence-corrected chi connectivity index (χ1v) is 5.67. The molecule has 0 bridgehead atoms. The molecule has 0 N–H and O–H groups in total. The summed E-state index contributed by atoms with van der Waals surface area (Å²) in [6.45, 7) is 10.8. The van der Waals surface area contributed by atoms with Gasteiger partial charge in [-0.3, -0.25) is 9.69 Å². The SMILES string of the molecule is CC1(C)C(=O)C(C)(C)C1N1CCCC1. The van der Waals surface area contributed by atoms with Gasteiger partial charge < -0.3 is 0 Å². The Morgan fingerprint density at radius 2 is 1.50 bits per heavy atom. The van der Waals surface area contributed by atoms with Gasteiger partial charge in [0.2, 0.25) is 0 Å². The molecule has 1 saturated heterocycles. The van der Waals surface area contributed by atoms with Crippen LogP contribution in [-0.4, -0.2) is 29.8 Å². The van der Waals surface area contributed by atoms with Gasteiger partial charge in [-0.05, 0) is 25.9 Å². The minimum absolute atomic E-state index is 0.117. The van der Waals surface area contributed by atoms with Gasteiger partial charge >= 0.3 is 0 Å². The molecule has 1 aliphatic heterocycles. The standard InChI is InChI=1S/C12H21NO/c1-11(2)9(12(3,4)10(11)14)13-7-5-6-8-13/h9H,5-8H2,1-4H3. The summed E-state index contributed by atoms with van der Waals surface area (Å²) in [6, 6.07) is 0.463. The molecule has 2 nitrogen and oxygen atoms in total. The molecule has 0 aromatic carbocycles. The number of carbonyl (C=O) groups is 1. The van der Waals surface area contributed by atoms with E-state index in [9.17, 15) is 4.79 Å². The van der Waals surface area contributed by atoms with Gasteiger partial charge in [-0.1, -0.05) is 27.7 Å². The third kappa shape index (κ3) is 1.10. The van der Waals surface area contributed by atoms with Crippen LogP contribution < -0.4 is 0 Å². The monoisotopic (exact) mass is 195 g/mol. The fraction of sp³-hybridized carbons (Fsp3) is 0.917. The van der Waals surface area contributed by atoms with E-state index in [4.69, 9.17) is 0 Å². The summed E-state index contributed by atoms with van der Waals surface area (Å²) in [7, 11) is 0. The Morgan fingerprint density at radius 1 is 1.07 bits per heavy atom. The van der Waals surface area contributed by atoms with Crippen LogP contribution in [0.5, 0.6) is 0 Å². The van der Waals surface area contributed by atoms with Crippen molar-refractivity contribution in [1.29, 1.82) is 0 Å². The van der Waals surface area contributed by atoms with E-state index >= 15 is 0 Å². The predicted molar refractivity (Wildman–Crippen MR) is 57.2 cm³/mol. The smallest absolute Gasteiger partial charge is 0.147 e. The lowest BCUT2D eigenvalue weighted by Gasteiger charge is -2.59. The van der Waals surface area contributed by atoms with Gasteiger partial charge in [0.15, 0.2) is 0 Å². The Hall–Kier alpha value is -0.370. The van der Waals surface area contributed by atoms with Gasteiger partial charge in [0.25, 0.3) is 0 Å². The van der Waals surface area contributed by atoms with E-state index in [0.29, 0.717) is 11.8 Å². The van der Waals surface area contributed by atoms with Crippen molar-refractivity contribution in [2.24, 2.45) is 10.8 Å². The summed E-state index contributed by atoms with van der Waals surface area (Å²) >= 11 is 0. The Kier molecular flexibility index (Phi) is 2.04. The number of hydrogen-bond donors (Lipinski definition) is 0. The molecule has 2 aliphatic rings. The number of rotatable bonds is 1. The molecule has 0 spiro atoms. The number of ketones is 1. The lowest BCUT2D eigenvalue weighted by atomic mass is 9.50. The molecule has 1 heterocycles. The van der Waals surface area contributed by atoms with Crippen LogP contribution in [0.15, 0.2) is 0 Å². The van der Waals surface area contributed by atoms with Crippen LogP contribution in [0, 0.1) is 10.8 Å². The van der Waals surface area contributed by atoms with Gasteiger partial charge in [0.05, 0.1) is 0 Å². The van der Waals surface area contributed by atoms with Crippen LogP contribution in [0.1, 0.15) is 40.5 Å². The van der Waals surface area contributed by atoms with Gasteiger partial charge in [-0.25, -0.2) is 0 Å². The molecule has 2 heteroatoms. The molecule has 2 rings (SSSR count). The van der Waals surface area contributed by atoms with Crippen LogP contribution in [0.25, 0.3) is 0 Å². The quantitative estimate of drug-likeness (QED) is 0.638. The molecule has 0 atom stereocenters. The summed E-state index contributed by atoms with van der Waals surface area (Å²) in [5.41, 5.74) is -0.234. The Labute approximate surface area is 86.7 Å². The van der Waals surface area contributed by atoms with Crippen LogP contribution in [0.4, 0.5) is 0 Å². The molecule has 0 amide bonds. The van der Waals surface area contributed by atoms with Crippen molar-refractivity contribution in [2.45, 2.75) is 46.6 Å². The van der Waals surface area contributed by atoms with E-state index in [1.807, 2.05) is 0 Å². The molecular weight excluding hydrogens is 174 g/mol. The van der Waals surface area contributed by atoms with E-state index in [1.165, 1.54) is 25.9 Å². The van der Waals surface area contributed by atoms with Gasteiger partial charge in [-0.2, -0.15) is 0 Å². The Balaban J connectivity index is 2.21. The van der Waals surface area contributed by atoms with Gasteiger partial charge in [-0.15, -0.1) is 0 Å². The molecule has 80 valence electrons. The zero-order chi connectivity index (χ0) is 10.6. The normalized spacial score (nSPS) is 31.9. The molecule has 0 radical (unpaired) electrons. The van der Waals surface area contributed by atoms with Crippen LogP contribution in [0.3, 0.4) is 0 Å². The first kappa shape index (κ1) is 10.2. The third-order valence-electron chi connectivity index (χ3n) is 4.04. The second-order valence-corrected chi connectivity index (χ2v) is 5.92. The summed E-state index contributed by atoms with van der Waals surface area (Å²) in [5, 5.41) is 0. The highest BCUT2D eigenvalue weighted by Crippen LogP contribution is 2.53. The van der Waals surface area contributed by atoms with Crippen LogP contribution in [-0.2, 0) is 4.79 Å². The zero-order valence-corrected chi connectivity index (χ0v) is 9.76. The van der Waals surface area contributed by atoms with E-state index in [0.717, 1.165) is 0 Å². The fourth-order valence-electron chi connectivity index (χ4n) is 3.82. The van der Waals surface area contributed by atoms with Crippen molar-refractivity contribution in [3.8, 4) is 0 Å². The second kappa shape index (κ2) is 2.82. The predicted octanol–water partition coefficient (Wildman–Crippen LogP) is 2.09. The zero-order valence-electron chi connectivity index (χ0n) is 9.76. The minimum Gasteiger partial charge on any atom is -0.298 e. The first-order valence-electron chi connectivity index (χ1n) is 5.67. The number of carbonyl (C=O) groups excluding carboxylic acids is 1. The van der Waals surface area contributed by atoms with Gasteiger partial charge in [0, 0.05) is 16.9 Å². The molecule has 2 fully saturated rings. The van der Waals surface area contributed by atoms with E-state index in [1.54, 1.807) is 0 Å². The van der Waals surface area contributed by atoms with Crippen molar-refractivity contribution in [3.63, 3.8) is 0 Å². The van der Waals surface area contributed by atoms with Crippen LogP contribution in [0.2, 0.25) is 0 Å². The van der Waals surface area contributed by atoms with Crippen molar-refractivity contribution < 1.29 is 4.79 Å². The average Bonchev–Trinajstić information content (AvgIpc) is 2.55. The van der Waals surface area contributed by atoms with Crippen molar-refractivity contribution >= 4 is 5.78 Å². The van der Waals surface area contributed by atoms with E-state index < -0.39 is 0 Å². The topological polar surface area (TPSA) is 20.3 Å². The number of likely N-dealkylation sites (tertiary alicyclic amines) is 1. The molecule has 0 unspecified atom stereocenters. The summed E-state index contributed by atoms with van der Waals surface area (Å²) in [5.74, 6) is 0.432. The minimum atomic E-state index is -0.117. The molecule has 1 aliphatic carbocycles. The number of nitrogens with zero attached hydrogens (tertiary/aromatic N) is 1. The van der Waals surface area contributed by atoms with Crippen molar-refractivity contribution in [3.05, 3.63) is 0 Å². The molecule has 1 saturated carbocycles. The highest BCUT2D eigenvalue weighted by Gasteiger charge is 2.63. The lowest BCUT2D eigenvalue weighted by Crippen LogP contribution is -2.70. The first-order chi connectivity index (χ1) is 6.38. The maximum absolute atomic E-state index is 11.9. The van der Waals surface area contributed by atoms with E-state index in [-0.39, 0.29) is 10.8 Å². The molecule has 14 heavy (non-hydrogen) atoms. The summed E-state index contributed by atoms with van der Waals surface area (Å²) in [6.07, 6.45) is 2.60. The Morgan fingerprint density at radius 3 is 1.93 bits per heavy atom. The fourth-order valence-corrected chi connectivity index (χ4v) is 3.82. The molecule has 0 aromatic heterocycles. The highest BCUT2D eigenvalue weighted by atomic mass is 16.1. The maximum Gasteiger partial charge on any atom is 0.147 e. The highest BCUT2D eigenvalue weighted by molar-refractivity contribution is 5.97. The summed E-state index contributed by atoms with van der Waals surface area (Å²) < 4.78 is 0. The number of hydrogen-bond acceptors (Lipinski definition) is 2.